The van der Waals surface area contributed by atoms with E-state index in [1.165, 1.54) is 0 Å². The van der Waals surface area contributed by atoms with E-state index in [1.54, 1.807) is 0 Å². The van der Waals surface area contributed by atoms with Crippen molar-refractivity contribution in [2.75, 3.05) is 6.54 Å². The lowest BCUT2D eigenvalue weighted by atomic mass is 9.99. The number of carbonyl (C=O) groups is 3. The molecule has 1 rings (SSSR count). The first-order chi connectivity index (χ1) is 8.52. The molecule has 1 aliphatic rings. The standard InChI is InChI=1S/C13H22N2O3/c1-9(2)3-4-12(17)15-11(8-16)7-10-5-6-14-13(10)18/h8-11H,3-7H2,1-2H3,(H,14,18)(H,15,17). The molecule has 0 spiro atoms. The van der Waals surface area contributed by atoms with Crippen LogP contribution in [0.1, 0.15) is 39.5 Å². The third-order valence-electron chi connectivity index (χ3n) is 3.16. The van der Waals surface area contributed by atoms with Crippen LogP contribution < -0.4 is 10.6 Å². The molecule has 0 bridgehead atoms. The second-order valence-electron chi connectivity index (χ2n) is 5.25. The smallest absolute Gasteiger partial charge is 0.223 e. The molecule has 2 atom stereocenters. The lowest BCUT2D eigenvalue weighted by Crippen LogP contribution is -2.38. The molecule has 1 heterocycles. The Balaban J connectivity index is 2.34. The molecule has 5 nitrogen and oxygen atoms in total. The summed E-state index contributed by atoms with van der Waals surface area (Å²) < 4.78 is 0. The van der Waals surface area contributed by atoms with Crippen LogP contribution in [0.3, 0.4) is 0 Å². The largest absolute Gasteiger partial charge is 0.356 e. The number of amides is 2. The van der Waals surface area contributed by atoms with Crippen molar-refractivity contribution in [2.45, 2.75) is 45.6 Å². The molecule has 18 heavy (non-hydrogen) atoms. The summed E-state index contributed by atoms with van der Waals surface area (Å²) in [5.41, 5.74) is 0. The molecule has 5 heteroatoms. The first-order valence-electron chi connectivity index (χ1n) is 6.55. The minimum Gasteiger partial charge on any atom is -0.356 e. The quantitative estimate of drug-likeness (QED) is 0.654. The van der Waals surface area contributed by atoms with Crippen LogP contribution in [-0.2, 0) is 14.4 Å². The van der Waals surface area contributed by atoms with E-state index in [4.69, 9.17) is 0 Å². The number of carbonyl (C=O) groups excluding carboxylic acids is 3. The maximum atomic E-state index is 11.6. The van der Waals surface area contributed by atoms with Gasteiger partial charge < -0.3 is 15.4 Å². The van der Waals surface area contributed by atoms with Crippen LogP contribution in [0.15, 0.2) is 0 Å². The number of aldehydes is 1. The van der Waals surface area contributed by atoms with Crippen molar-refractivity contribution < 1.29 is 14.4 Å². The van der Waals surface area contributed by atoms with Gasteiger partial charge in [-0.1, -0.05) is 13.8 Å². The van der Waals surface area contributed by atoms with Gasteiger partial charge in [-0.2, -0.15) is 0 Å². The SMILES string of the molecule is CC(C)CCC(=O)NC(C=O)CC1CCNC1=O. The van der Waals surface area contributed by atoms with Gasteiger partial charge in [-0.25, -0.2) is 0 Å². The fourth-order valence-corrected chi connectivity index (χ4v) is 2.02. The molecule has 102 valence electrons. The predicted octanol–water partition coefficient (Wildman–Crippen LogP) is 0.632. The van der Waals surface area contributed by atoms with Gasteiger partial charge in [-0.15, -0.1) is 0 Å². The molecule has 2 unspecified atom stereocenters. The Bertz CT molecular complexity index is 315. The molecular weight excluding hydrogens is 232 g/mol. The molecule has 0 aromatic heterocycles. The van der Waals surface area contributed by atoms with Crippen LogP contribution in [0.4, 0.5) is 0 Å². The second kappa shape index (κ2) is 7.13. The third kappa shape index (κ3) is 4.85. The van der Waals surface area contributed by atoms with Gasteiger partial charge in [0.05, 0.1) is 6.04 Å². The van der Waals surface area contributed by atoms with Crippen molar-refractivity contribution in [3.8, 4) is 0 Å². The Morgan fingerprint density at radius 2 is 2.28 bits per heavy atom. The second-order valence-corrected chi connectivity index (χ2v) is 5.25. The zero-order valence-electron chi connectivity index (χ0n) is 11.1. The molecule has 0 aliphatic carbocycles. The lowest BCUT2D eigenvalue weighted by Gasteiger charge is -2.15. The minimum atomic E-state index is -0.543. The summed E-state index contributed by atoms with van der Waals surface area (Å²) in [6, 6.07) is -0.543. The van der Waals surface area contributed by atoms with Gasteiger partial charge in [-0.05, 0) is 25.2 Å². The van der Waals surface area contributed by atoms with Crippen LogP contribution in [0.2, 0.25) is 0 Å². The van der Waals surface area contributed by atoms with Crippen LogP contribution >= 0.6 is 0 Å². The van der Waals surface area contributed by atoms with E-state index in [2.05, 4.69) is 10.6 Å². The number of hydrogen-bond acceptors (Lipinski definition) is 3. The molecule has 0 saturated carbocycles. The van der Waals surface area contributed by atoms with E-state index >= 15 is 0 Å². The summed E-state index contributed by atoms with van der Waals surface area (Å²) in [4.78, 5) is 33.9. The first kappa shape index (κ1) is 14.7. The monoisotopic (exact) mass is 254 g/mol. The summed E-state index contributed by atoms with van der Waals surface area (Å²) in [6.45, 7) is 4.76. The van der Waals surface area contributed by atoms with E-state index in [1.807, 2.05) is 13.8 Å². The zero-order valence-corrected chi connectivity index (χ0v) is 11.1. The van der Waals surface area contributed by atoms with Crippen molar-refractivity contribution >= 4 is 18.1 Å². The number of nitrogens with one attached hydrogen (secondary N) is 2. The van der Waals surface area contributed by atoms with E-state index in [-0.39, 0.29) is 17.7 Å². The van der Waals surface area contributed by atoms with Gasteiger partial charge in [-0.3, -0.25) is 9.59 Å². The molecule has 2 amide bonds. The minimum absolute atomic E-state index is 0.0155. The Kier molecular flexibility index (Phi) is 5.82. The van der Waals surface area contributed by atoms with E-state index in [0.717, 1.165) is 19.1 Å². The van der Waals surface area contributed by atoms with E-state index in [0.29, 0.717) is 25.3 Å². The number of hydrogen-bond donors (Lipinski definition) is 2. The summed E-state index contributed by atoms with van der Waals surface area (Å²) in [7, 11) is 0. The van der Waals surface area contributed by atoms with Gasteiger partial charge in [0, 0.05) is 18.9 Å². The maximum absolute atomic E-state index is 11.6. The van der Waals surface area contributed by atoms with E-state index in [9.17, 15) is 14.4 Å². The summed E-state index contributed by atoms with van der Waals surface area (Å²) >= 11 is 0. The maximum Gasteiger partial charge on any atom is 0.223 e. The highest BCUT2D eigenvalue weighted by Crippen LogP contribution is 2.15. The molecule has 0 aromatic carbocycles. The third-order valence-corrected chi connectivity index (χ3v) is 3.16. The highest BCUT2D eigenvalue weighted by molar-refractivity contribution is 5.82. The van der Waals surface area contributed by atoms with Crippen LogP contribution in [0, 0.1) is 11.8 Å². The molecule has 0 radical (unpaired) electrons. The molecule has 1 aliphatic heterocycles. The Morgan fingerprint density at radius 1 is 1.56 bits per heavy atom. The van der Waals surface area contributed by atoms with Crippen molar-refractivity contribution in [1.82, 2.24) is 10.6 Å². The normalized spacial score (nSPS) is 20.6. The molecule has 2 N–H and O–H groups in total. The average molecular weight is 254 g/mol. The summed E-state index contributed by atoms with van der Waals surface area (Å²) in [6.07, 6.45) is 3.10. The van der Waals surface area contributed by atoms with Gasteiger partial charge >= 0.3 is 0 Å². The van der Waals surface area contributed by atoms with Crippen molar-refractivity contribution in [2.24, 2.45) is 11.8 Å². The van der Waals surface area contributed by atoms with Gasteiger partial charge in [0.2, 0.25) is 11.8 Å². The van der Waals surface area contributed by atoms with Crippen molar-refractivity contribution in [3.63, 3.8) is 0 Å². The van der Waals surface area contributed by atoms with Gasteiger partial charge in [0.25, 0.3) is 0 Å². The highest BCUT2D eigenvalue weighted by Gasteiger charge is 2.27. The van der Waals surface area contributed by atoms with Crippen LogP contribution in [0.5, 0.6) is 0 Å². The lowest BCUT2D eigenvalue weighted by molar-refractivity contribution is -0.126. The van der Waals surface area contributed by atoms with Gasteiger partial charge in [0.1, 0.15) is 6.29 Å². The highest BCUT2D eigenvalue weighted by atomic mass is 16.2. The molecule has 0 aromatic rings. The topological polar surface area (TPSA) is 75.3 Å². The molecule has 1 fully saturated rings. The van der Waals surface area contributed by atoms with Crippen LogP contribution in [0.25, 0.3) is 0 Å². The average Bonchev–Trinajstić information content (AvgIpc) is 2.71. The number of rotatable bonds is 7. The van der Waals surface area contributed by atoms with Crippen LogP contribution in [-0.4, -0.2) is 30.7 Å². The Hall–Kier alpha value is -1.39. The van der Waals surface area contributed by atoms with Crippen molar-refractivity contribution in [3.05, 3.63) is 0 Å². The fourth-order valence-electron chi connectivity index (χ4n) is 2.02. The summed E-state index contributed by atoms with van der Waals surface area (Å²) in [5, 5.41) is 5.41. The first-order valence-corrected chi connectivity index (χ1v) is 6.55. The molecule has 1 saturated heterocycles. The Morgan fingerprint density at radius 3 is 2.78 bits per heavy atom. The zero-order chi connectivity index (χ0) is 13.5. The molecular formula is C13H22N2O3. The predicted molar refractivity (Wildman–Crippen MR) is 67.8 cm³/mol. The van der Waals surface area contributed by atoms with Gasteiger partial charge in [0.15, 0.2) is 0 Å². The van der Waals surface area contributed by atoms with E-state index < -0.39 is 6.04 Å². The fraction of sp³-hybridized carbons (Fsp3) is 0.769. The van der Waals surface area contributed by atoms with Crippen molar-refractivity contribution in [1.29, 1.82) is 0 Å². The summed E-state index contributed by atoms with van der Waals surface area (Å²) in [5.74, 6) is 0.189. The Labute approximate surface area is 108 Å².